The van der Waals surface area contributed by atoms with Crippen LogP contribution in [0.4, 0.5) is 34.4 Å². The summed E-state index contributed by atoms with van der Waals surface area (Å²) in [4.78, 5) is 33.3. The zero-order valence-electron chi connectivity index (χ0n) is 65.8. The van der Waals surface area contributed by atoms with E-state index in [9.17, 15) is 10.2 Å². The first-order valence-electron chi connectivity index (χ1n) is 37.5. The predicted molar refractivity (Wildman–Crippen MR) is 457 cm³/mol. The minimum atomic E-state index is -0.418. The molecule has 0 spiro atoms. The molecule has 0 radical (unpaired) electrons. The van der Waals surface area contributed by atoms with E-state index < -0.39 is 7.12 Å². The lowest BCUT2D eigenvalue weighted by Gasteiger charge is -2.32. The van der Waals surface area contributed by atoms with E-state index in [1.807, 2.05) is 109 Å². The van der Waals surface area contributed by atoms with E-state index in [0.717, 1.165) is 107 Å². The lowest BCUT2D eigenvalue weighted by molar-refractivity contribution is 0.00578. The lowest BCUT2D eigenvalue weighted by atomic mass is 9.79. The summed E-state index contributed by atoms with van der Waals surface area (Å²) >= 11 is 6.33. The molecule has 14 aromatic rings. The van der Waals surface area contributed by atoms with E-state index >= 15 is 0 Å². The highest BCUT2D eigenvalue weighted by Crippen LogP contribution is 2.47. The van der Waals surface area contributed by atoms with Gasteiger partial charge in [0, 0.05) is 68.4 Å². The van der Waals surface area contributed by atoms with Gasteiger partial charge in [-0.15, -0.1) is 0 Å². The molecule has 1 fully saturated rings. The second kappa shape index (κ2) is 31.0. The van der Waals surface area contributed by atoms with Crippen LogP contribution in [-0.4, -0.2) is 58.4 Å². The number of aromatic hydroxyl groups is 2. The zero-order chi connectivity index (χ0) is 78.1. The molecule has 554 valence electrons. The SMILES string of the molecule is CC(C)(C)c1cc(-c2nc(-c3ccccc3)cc(-c3cccc(N(c4ccccn4)c4cccc5ccccc45)c3)n2)c(O)c(C(C)(C)C)c1.CC(C)(C)c1cc(-c2nc(Cl)cc(-c3ccccc3)n2)c(O)c(C(C)(C)C)c1.CC1(C)OB(c2cccc(N(c3ccccn3)c3cccc4ccccc34)c2)OC1(C)C. The van der Waals surface area contributed by atoms with Crippen LogP contribution < -0.4 is 15.3 Å². The molecule has 14 heteroatoms. The van der Waals surface area contributed by atoms with Crippen molar-refractivity contribution in [3.63, 3.8) is 0 Å². The molecule has 0 unspecified atom stereocenters. The van der Waals surface area contributed by atoms with Crippen molar-refractivity contribution in [2.45, 2.75) is 144 Å². The van der Waals surface area contributed by atoms with E-state index in [1.165, 1.54) is 10.8 Å². The molecule has 1 aliphatic rings. The maximum atomic E-state index is 11.9. The summed E-state index contributed by atoms with van der Waals surface area (Å²) in [6, 6.07) is 90.3. The Hall–Kier alpha value is -11.3. The van der Waals surface area contributed by atoms with Crippen LogP contribution in [0.5, 0.6) is 11.5 Å². The smallest absolute Gasteiger partial charge is 0.494 e. The second-order valence-corrected chi connectivity index (χ2v) is 33.6. The average Bonchev–Trinajstić information content (AvgIpc) is 1.66. The van der Waals surface area contributed by atoms with E-state index in [2.05, 4.69) is 294 Å². The van der Waals surface area contributed by atoms with Crippen molar-refractivity contribution >= 4 is 80.1 Å². The van der Waals surface area contributed by atoms with Crippen molar-refractivity contribution < 1.29 is 19.5 Å². The third kappa shape index (κ3) is 16.8. The number of rotatable bonds is 12. The van der Waals surface area contributed by atoms with Crippen molar-refractivity contribution in [2.75, 3.05) is 9.80 Å². The number of hydrogen-bond acceptors (Lipinski definition) is 12. The first kappa shape index (κ1) is 76.8. The number of fused-ring (bicyclic) bond motifs is 2. The van der Waals surface area contributed by atoms with Crippen molar-refractivity contribution in [3.05, 3.63) is 307 Å². The Bertz CT molecular complexity index is 5590. The molecule has 15 rings (SSSR count). The molecule has 0 saturated carbocycles. The Morgan fingerprint density at radius 1 is 0.364 bits per heavy atom. The molecule has 110 heavy (non-hydrogen) atoms. The van der Waals surface area contributed by atoms with Crippen LogP contribution in [0.15, 0.2) is 279 Å². The Morgan fingerprint density at radius 2 is 0.745 bits per heavy atom. The fourth-order valence-corrected chi connectivity index (χ4v) is 13.7. The molecular formula is C96H96BClN8O4. The summed E-state index contributed by atoms with van der Waals surface area (Å²) in [6.07, 6.45) is 3.65. The van der Waals surface area contributed by atoms with Crippen LogP contribution in [0.3, 0.4) is 0 Å². The maximum Gasteiger partial charge on any atom is 0.494 e. The van der Waals surface area contributed by atoms with Gasteiger partial charge in [-0.25, -0.2) is 29.9 Å². The van der Waals surface area contributed by atoms with Crippen LogP contribution >= 0.6 is 11.6 Å². The highest BCUT2D eigenvalue weighted by molar-refractivity contribution is 6.62. The minimum absolute atomic E-state index is 0.0801. The number of benzene rings is 10. The third-order valence-corrected chi connectivity index (χ3v) is 20.6. The van der Waals surface area contributed by atoms with Crippen molar-refractivity contribution in [2.24, 2.45) is 0 Å². The van der Waals surface area contributed by atoms with Crippen molar-refractivity contribution in [1.82, 2.24) is 29.9 Å². The number of nitrogens with zero attached hydrogens (tertiary/aromatic N) is 8. The molecule has 1 saturated heterocycles. The zero-order valence-corrected chi connectivity index (χ0v) is 66.6. The van der Waals surface area contributed by atoms with Gasteiger partial charge in [-0.1, -0.05) is 277 Å². The summed E-state index contributed by atoms with van der Waals surface area (Å²) < 4.78 is 12.6. The van der Waals surface area contributed by atoms with Gasteiger partial charge in [-0.2, -0.15) is 0 Å². The third-order valence-electron chi connectivity index (χ3n) is 20.4. The summed E-state index contributed by atoms with van der Waals surface area (Å²) in [5.41, 5.74) is 13.9. The summed E-state index contributed by atoms with van der Waals surface area (Å²) in [6.45, 7) is 34.0. The molecule has 5 heterocycles. The Kier molecular flexibility index (Phi) is 21.6. The van der Waals surface area contributed by atoms with Gasteiger partial charge in [0.2, 0.25) is 0 Å². The normalized spacial score (nSPS) is 13.4. The standard InChI is InChI=1S/C45H42N4O.C27H27BN2O2.C24H27ClN2O/c1-44(2,3)33-27-36(42(50)37(28-33)45(4,5)6)43-47-38(31-17-8-7-9-18-31)29-39(48-43)32-20-14-21-34(26-32)49(41-24-12-13-25-46-41)40-23-15-19-30-16-10-11-22-35(30)40;1-26(2)27(3,4)32-28(31-26)21-13-10-14-22(19-21)30(25-17-7-8-18-29-25)24-16-9-12-20-11-5-6-15-23(20)24;1-23(2,3)16-12-17(21(28)18(13-16)24(4,5)6)22-26-19(14-20(25)27-22)15-10-8-7-9-11-15/h7-29,50H,1-6H3;5-19H,1-4H3;7-14,28H,1-6H3. The molecule has 1 aliphatic heterocycles. The molecule has 2 N–H and O–H groups in total. The van der Waals surface area contributed by atoms with Gasteiger partial charge in [0.1, 0.15) is 28.3 Å². The number of aromatic nitrogens is 6. The fraction of sp³-hybridized carbons (Fsp3) is 0.229. The summed E-state index contributed by atoms with van der Waals surface area (Å²) in [5.74, 6) is 3.01. The molecule has 0 aliphatic carbocycles. The first-order chi connectivity index (χ1) is 52.3. The van der Waals surface area contributed by atoms with Crippen molar-refractivity contribution in [1.29, 1.82) is 0 Å². The highest BCUT2D eigenvalue weighted by atomic mass is 35.5. The number of anilines is 6. The Labute approximate surface area is 653 Å². The van der Waals surface area contributed by atoms with Crippen LogP contribution in [0, 0.1) is 0 Å². The largest absolute Gasteiger partial charge is 0.507 e. The molecule has 0 amide bonds. The number of phenolic OH excluding ortho intramolecular Hbond substituents is 2. The second-order valence-electron chi connectivity index (χ2n) is 33.2. The van der Waals surface area contributed by atoms with Gasteiger partial charge in [0.15, 0.2) is 11.6 Å². The van der Waals surface area contributed by atoms with Gasteiger partial charge in [-0.05, 0) is 156 Å². The highest BCUT2D eigenvalue weighted by Gasteiger charge is 2.52. The number of phenols is 2. The van der Waals surface area contributed by atoms with Gasteiger partial charge < -0.3 is 19.5 Å². The topological polar surface area (TPSA) is 143 Å². The van der Waals surface area contributed by atoms with Crippen LogP contribution in [-0.2, 0) is 31.0 Å². The first-order valence-corrected chi connectivity index (χ1v) is 37.9. The van der Waals surface area contributed by atoms with E-state index in [-0.39, 0.29) is 44.4 Å². The monoisotopic (exact) mass is 1470 g/mol. The molecule has 12 nitrogen and oxygen atoms in total. The predicted octanol–water partition coefficient (Wildman–Crippen LogP) is 24.6. The molecule has 0 bridgehead atoms. The Balaban J connectivity index is 0.000000153. The van der Waals surface area contributed by atoms with Crippen LogP contribution in [0.1, 0.15) is 133 Å². The number of hydrogen-bond donors (Lipinski definition) is 2. The molecule has 0 atom stereocenters. The van der Waals surface area contributed by atoms with E-state index in [1.54, 1.807) is 6.07 Å². The molecular weight excluding hydrogens is 1380 g/mol. The number of pyridine rings is 2. The molecule has 4 aromatic heterocycles. The summed E-state index contributed by atoms with van der Waals surface area (Å²) in [7, 11) is -0.418. The number of halogens is 1. The van der Waals surface area contributed by atoms with Crippen LogP contribution in [0.25, 0.3) is 78.1 Å². The minimum Gasteiger partial charge on any atom is -0.507 e. The maximum absolute atomic E-state index is 11.9. The average molecular weight is 1470 g/mol. The van der Waals surface area contributed by atoms with Gasteiger partial charge in [-0.3, -0.25) is 9.80 Å². The summed E-state index contributed by atoms with van der Waals surface area (Å²) in [5, 5.41) is 27.9. The van der Waals surface area contributed by atoms with E-state index in [4.69, 9.17) is 40.8 Å². The van der Waals surface area contributed by atoms with Gasteiger partial charge >= 0.3 is 7.12 Å². The van der Waals surface area contributed by atoms with E-state index in [0.29, 0.717) is 27.9 Å². The fourth-order valence-electron chi connectivity index (χ4n) is 13.5. The van der Waals surface area contributed by atoms with Gasteiger partial charge in [0.25, 0.3) is 0 Å². The quantitative estimate of drug-likeness (QED) is 0.0888. The van der Waals surface area contributed by atoms with Gasteiger partial charge in [0.05, 0.1) is 50.8 Å². The lowest BCUT2D eigenvalue weighted by Crippen LogP contribution is -2.41. The van der Waals surface area contributed by atoms with Crippen LogP contribution in [0.2, 0.25) is 5.15 Å². The van der Waals surface area contributed by atoms with Crippen molar-refractivity contribution in [3.8, 4) is 68.0 Å². The Morgan fingerprint density at radius 3 is 1.19 bits per heavy atom. The molecule has 10 aromatic carbocycles.